The third-order valence-corrected chi connectivity index (χ3v) is 3.53. The van der Waals surface area contributed by atoms with Crippen LogP contribution in [0, 0.1) is 0 Å². The van der Waals surface area contributed by atoms with Crippen molar-refractivity contribution in [2.45, 2.75) is 51.5 Å². The molecule has 1 heterocycles. The number of hydrogen-bond acceptors (Lipinski definition) is 5. The Kier molecular flexibility index (Phi) is 4.57. The summed E-state index contributed by atoms with van der Waals surface area (Å²) in [7, 11) is -5.77. The van der Waals surface area contributed by atoms with Gasteiger partial charge in [-0.2, -0.15) is 26.6 Å². The molecule has 0 fully saturated rings. The summed E-state index contributed by atoms with van der Waals surface area (Å²) >= 11 is 0. The second kappa shape index (κ2) is 5.43. The van der Waals surface area contributed by atoms with Crippen molar-refractivity contribution in [1.29, 1.82) is 0 Å². The Labute approximate surface area is 121 Å². The first kappa shape index (κ1) is 17.7. The maximum absolute atomic E-state index is 12.3. The van der Waals surface area contributed by atoms with Crippen LogP contribution in [0.4, 0.5) is 13.2 Å². The molecule has 0 unspecified atom stereocenters. The van der Waals surface area contributed by atoms with Crippen LogP contribution in [-0.4, -0.2) is 23.9 Å². The summed E-state index contributed by atoms with van der Waals surface area (Å²) in [6.45, 7) is 9.18. The largest absolute Gasteiger partial charge is 0.534 e. The third kappa shape index (κ3) is 4.05. The van der Waals surface area contributed by atoms with E-state index in [4.69, 9.17) is 0 Å². The Hall–Kier alpha value is -1.38. The van der Waals surface area contributed by atoms with Gasteiger partial charge in [-0.15, -0.1) is 0 Å². The van der Waals surface area contributed by atoms with Crippen LogP contribution in [0.5, 0.6) is 6.01 Å². The lowest BCUT2D eigenvalue weighted by atomic mass is 9.86. The van der Waals surface area contributed by atoms with Crippen molar-refractivity contribution in [2.24, 2.45) is 0 Å². The van der Waals surface area contributed by atoms with E-state index < -0.39 is 27.1 Å². The summed E-state index contributed by atoms with van der Waals surface area (Å²) < 4.78 is 62.8. The number of rotatable bonds is 3. The summed E-state index contributed by atoms with van der Waals surface area (Å²) in [6.07, 6.45) is 1.29. The van der Waals surface area contributed by atoms with E-state index in [0.717, 1.165) is 5.56 Å². The molecule has 1 aromatic heterocycles. The highest BCUT2D eigenvalue weighted by Gasteiger charge is 2.49. The molecule has 0 bridgehead atoms. The molecule has 0 radical (unpaired) electrons. The Balaban J connectivity index is 3.31. The average molecular weight is 326 g/mol. The van der Waals surface area contributed by atoms with Gasteiger partial charge < -0.3 is 4.18 Å². The van der Waals surface area contributed by atoms with Gasteiger partial charge in [0.1, 0.15) is 0 Å². The van der Waals surface area contributed by atoms with Crippen LogP contribution in [0.2, 0.25) is 0 Å². The van der Waals surface area contributed by atoms with E-state index >= 15 is 0 Å². The van der Waals surface area contributed by atoms with Crippen LogP contribution in [0.3, 0.4) is 0 Å². The molecular formula is C12H17F3N2O3S. The summed E-state index contributed by atoms with van der Waals surface area (Å²) in [5, 5.41) is 0. The molecule has 120 valence electrons. The molecule has 21 heavy (non-hydrogen) atoms. The Morgan fingerprint density at radius 2 is 1.71 bits per heavy atom. The minimum atomic E-state index is -5.77. The van der Waals surface area contributed by atoms with E-state index in [1.165, 1.54) is 6.20 Å². The first-order valence-electron chi connectivity index (χ1n) is 6.14. The number of hydrogen-bond donors (Lipinski definition) is 0. The van der Waals surface area contributed by atoms with Gasteiger partial charge in [0.25, 0.3) is 0 Å². The minimum Gasteiger partial charge on any atom is -0.337 e. The van der Waals surface area contributed by atoms with Crippen LogP contribution in [0.1, 0.15) is 51.8 Å². The predicted octanol–water partition coefficient (Wildman–Crippen LogP) is 3.13. The molecule has 0 spiro atoms. The molecule has 0 atom stereocenters. The zero-order valence-electron chi connectivity index (χ0n) is 12.3. The summed E-state index contributed by atoms with van der Waals surface area (Å²) in [5.41, 5.74) is -4.85. The molecule has 9 heteroatoms. The zero-order chi connectivity index (χ0) is 16.6. The minimum absolute atomic E-state index is 0.0347. The van der Waals surface area contributed by atoms with Crippen molar-refractivity contribution in [3.8, 4) is 6.01 Å². The Morgan fingerprint density at radius 1 is 1.19 bits per heavy atom. The lowest BCUT2D eigenvalue weighted by Gasteiger charge is -2.23. The van der Waals surface area contributed by atoms with E-state index in [2.05, 4.69) is 14.2 Å². The van der Waals surface area contributed by atoms with Crippen LogP contribution >= 0.6 is 0 Å². The molecular weight excluding hydrogens is 309 g/mol. The van der Waals surface area contributed by atoms with Crippen molar-refractivity contribution >= 4 is 10.1 Å². The zero-order valence-corrected chi connectivity index (χ0v) is 13.1. The molecule has 0 amide bonds. The fraction of sp³-hybridized carbons (Fsp3) is 0.667. The predicted molar refractivity (Wildman–Crippen MR) is 70.4 cm³/mol. The van der Waals surface area contributed by atoms with Crippen LogP contribution in [0.15, 0.2) is 6.20 Å². The fourth-order valence-corrected chi connectivity index (χ4v) is 1.95. The fourth-order valence-electron chi connectivity index (χ4n) is 1.58. The average Bonchev–Trinajstić information content (AvgIpc) is 2.25. The van der Waals surface area contributed by atoms with E-state index in [0.29, 0.717) is 5.69 Å². The molecule has 1 aromatic rings. The molecule has 5 nitrogen and oxygen atoms in total. The van der Waals surface area contributed by atoms with Gasteiger partial charge in [-0.05, 0) is 11.5 Å². The van der Waals surface area contributed by atoms with E-state index in [1.807, 2.05) is 34.6 Å². The molecule has 0 aliphatic heterocycles. The smallest absolute Gasteiger partial charge is 0.337 e. The topological polar surface area (TPSA) is 69.2 Å². The molecule has 0 aromatic carbocycles. The summed E-state index contributed by atoms with van der Waals surface area (Å²) in [5.74, 6) is 0.0347. The van der Waals surface area contributed by atoms with Gasteiger partial charge in [0.15, 0.2) is 0 Å². The highest BCUT2D eigenvalue weighted by Crippen LogP contribution is 2.31. The molecule has 0 N–H and O–H groups in total. The molecule has 0 saturated carbocycles. The first-order chi connectivity index (χ1) is 9.25. The number of nitrogens with zero attached hydrogens (tertiary/aromatic N) is 2. The second-order valence-electron chi connectivity index (χ2n) is 5.84. The van der Waals surface area contributed by atoms with Gasteiger partial charge >= 0.3 is 21.6 Å². The SMILES string of the molecule is CC(C)c1cnc(OS(=O)(=O)C(F)(F)F)nc1C(C)(C)C. The van der Waals surface area contributed by atoms with Crippen LogP contribution in [-0.2, 0) is 15.5 Å². The van der Waals surface area contributed by atoms with Crippen molar-refractivity contribution in [3.05, 3.63) is 17.5 Å². The lowest BCUT2D eigenvalue weighted by molar-refractivity contribution is -0.0502. The van der Waals surface area contributed by atoms with Gasteiger partial charge in [-0.3, -0.25) is 0 Å². The van der Waals surface area contributed by atoms with Crippen molar-refractivity contribution in [1.82, 2.24) is 9.97 Å². The maximum atomic E-state index is 12.3. The third-order valence-electron chi connectivity index (χ3n) is 2.60. The van der Waals surface area contributed by atoms with Crippen molar-refractivity contribution < 1.29 is 25.8 Å². The van der Waals surface area contributed by atoms with Gasteiger partial charge in [0, 0.05) is 11.6 Å². The number of aromatic nitrogens is 2. The van der Waals surface area contributed by atoms with Gasteiger partial charge in [0.05, 0.1) is 5.69 Å². The van der Waals surface area contributed by atoms with Crippen molar-refractivity contribution in [3.63, 3.8) is 0 Å². The Morgan fingerprint density at radius 3 is 2.10 bits per heavy atom. The lowest BCUT2D eigenvalue weighted by Crippen LogP contribution is -2.29. The Bertz CT molecular complexity index is 620. The normalized spacial score (nSPS) is 13.6. The van der Waals surface area contributed by atoms with Crippen LogP contribution in [0.25, 0.3) is 0 Å². The molecule has 0 saturated heterocycles. The van der Waals surface area contributed by atoms with E-state index in [-0.39, 0.29) is 5.92 Å². The highest BCUT2D eigenvalue weighted by molar-refractivity contribution is 7.87. The van der Waals surface area contributed by atoms with Gasteiger partial charge in [-0.1, -0.05) is 34.6 Å². The second-order valence-corrected chi connectivity index (χ2v) is 7.38. The molecule has 0 aliphatic rings. The van der Waals surface area contributed by atoms with E-state index in [1.54, 1.807) is 0 Å². The number of halogens is 3. The quantitative estimate of drug-likeness (QED) is 0.630. The van der Waals surface area contributed by atoms with Crippen molar-refractivity contribution in [2.75, 3.05) is 0 Å². The van der Waals surface area contributed by atoms with Gasteiger partial charge in [-0.25, -0.2) is 4.98 Å². The molecule has 0 aliphatic carbocycles. The number of alkyl halides is 3. The van der Waals surface area contributed by atoms with Crippen LogP contribution < -0.4 is 4.18 Å². The van der Waals surface area contributed by atoms with E-state index in [9.17, 15) is 21.6 Å². The molecule has 1 rings (SSSR count). The first-order valence-corrected chi connectivity index (χ1v) is 7.54. The standard InChI is InChI=1S/C12H17F3N2O3S/c1-7(2)8-6-16-10(17-9(8)11(3,4)5)20-21(18,19)12(13,14)15/h6-7H,1-5H3. The highest BCUT2D eigenvalue weighted by atomic mass is 32.2. The monoisotopic (exact) mass is 326 g/mol. The maximum Gasteiger partial charge on any atom is 0.534 e. The summed E-state index contributed by atoms with van der Waals surface area (Å²) in [4.78, 5) is 7.41. The summed E-state index contributed by atoms with van der Waals surface area (Å²) in [6, 6.07) is -0.832. The van der Waals surface area contributed by atoms with Gasteiger partial charge in [0.2, 0.25) is 0 Å².